The quantitative estimate of drug-likeness (QED) is 0.592. The SMILES string of the molecule is CC(C)Oc1ccc(Oc2ccc(OCc3ccccc3)cc2)nc1. The number of nitrogens with zero attached hydrogens (tertiary/aromatic N) is 1. The van der Waals surface area contributed by atoms with E-state index in [1.807, 2.05) is 74.5 Å². The second-order valence-corrected chi connectivity index (χ2v) is 5.85. The van der Waals surface area contributed by atoms with Crippen LogP contribution in [0.1, 0.15) is 19.4 Å². The van der Waals surface area contributed by atoms with E-state index in [4.69, 9.17) is 14.2 Å². The Morgan fingerprint density at radius 2 is 1.48 bits per heavy atom. The van der Waals surface area contributed by atoms with Gasteiger partial charge in [-0.15, -0.1) is 0 Å². The fourth-order valence-corrected chi connectivity index (χ4v) is 2.23. The summed E-state index contributed by atoms with van der Waals surface area (Å²) in [6.07, 6.45) is 1.78. The van der Waals surface area contributed by atoms with Gasteiger partial charge >= 0.3 is 0 Å². The number of ether oxygens (including phenoxy) is 3. The summed E-state index contributed by atoms with van der Waals surface area (Å²) in [5.74, 6) is 2.75. The van der Waals surface area contributed by atoms with E-state index in [0.717, 1.165) is 17.1 Å². The van der Waals surface area contributed by atoms with Crippen LogP contribution in [0.4, 0.5) is 0 Å². The Labute approximate surface area is 148 Å². The molecule has 0 saturated carbocycles. The molecule has 2 aromatic carbocycles. The lowest BCUT2D eigenvalue weighted by molar-refractivity contribution is 0.241. The van der Waals surface area contributed by atoms with Gasteiger partial charge in [0.05, 0.1) is 12.3 Å². The van der Waals surface area contributed by atoms with Crippen LogP contribution in [0.15, 0.2) is 72.9 Å². The van der Waals surface area contributed by atoms with Crippen molar-refractivity contribution in [3.63, 3.8) is 0 Å². The molecule has 3 aromatic rings. The Hall–Kier alpha value is -3.01. The third kappa shape index (κ3) is 5.24. The van der Waals surface area contributed by atoms with E-state index < -0.39 is 0 Å². The van der Waals surface area contributed by atoms with Gasteiger partial charge in [0, 0.05) is 6.07 Å². The van der Waals surface area contributed by atoms with E-state index in [1.165, 1.54) is 0 Å². The van der Waals surface area contributed by atoms with Crippen LogP contribution in [-0.2, 0) is 6.61 Å². The highest BCUT2D eigenvalue weighted by molar-refractivity contribution is 5.34. The highest BCUT2D eigenvalue weighted by Gasteiger charge is 2.02. The number of hydrogen-bond donors (Lipinski definition) is 0. The van der Waals surface area contributed by atoms with Crippen LogP contribution in [0.25, 0.3) is 0 Å². The molecule has 0 fully saturated rings. The first-order valence-corrected chi connectivity index (χ1v) is 8.26. The fraction of sp³-hybridized carbons (Fsp3) is 0.190. The smallest absolute Gasteiger partial charge is 0.219 e. The molecule has 0 spiro atoms. The summed E-state index contributed by atoms with van der Waals surface area (Å²) >= 11 is 0. The fourth-order valence-electron chi connectivity index (χ4n) is 2.23. The van der Waals surface area contributed by atoms with Crippen LogP contribution in [-0.4, -0.2) is 11.1 Å². The Bertz CT molecular complexity index is 769. The molecule has 1 aromatic heterocycles. The molecule has 0 aliphatic carbocycles. The lowest BCUT2D eigenvalue weighted by atomic mass is 10.2. The molecule has 0 atom stereocenters. The second-order valence-electron chi connectivity index (χ2n) is 5.85. The van der Waals surface area contributed by atoms with Crippen LogP contribution < -0.4 is 14.2 Å². The summed E-state index contributed by atoms with van der Waals surface area (Å²) in [5, 5.41) is 0. The van der Waals surface area contributed by atoms with Gasteiger partial charge in [-0.2, -0.15) is 0 Å². The molecule has 0 unspecified atom stereocenters. The molecule has 4 heteroatoms. The molecule has 0 saturated heterocycles. The molecular formula is C21H21NO3. The van der Waals surface area contributed by atoms with Crippen LogP contribution in [0.3, 0.4) is 0 Å². The highest BCUT2D eigenvalue weighted by atomic mass is 16.5. The highest BCUT2D eigenvalue weighted by Crippen LogP contribution is 2.24. The van der Waals surface area contributed by atoms with Crippen LogP contribution >= 0.6 is 0 Å². The van der Waals surface area contributed by atoms with Crippen LogP contribution in [0, 0.1) is 0 Å². The summed E-state index contributed by atoms with van der Waals surface area (Å²) in [6, 6.07) is 21.2. The third-order valence-electron chi connectivity index (χ3n) is 3.38. The van der Waals surface area contributed by atoms with Crippen molar-refractivity contribution in [2.24, 2.45) is 0 Å². The van der Waals surface area contributed by atoms with E-state index in [2.05, 4.69) is 4.98 Å². The lowest BCUT2D eigenvalue weighted by Crippen LogP contribution is -2.05. The monoisotopic (exact) mass is 335 g/mol. The zero-order valence-electron chi connectivity index (χ0n) is 14.4. The van der Waals surface area contributed by atoms with Crippen molar-refractivity contribution in [3.8, 4) is 23.1 Å². The van der Waals surface area contributed by atoms with E-state index >= 15 is 0 Å². The van der Waals surface area contributed by atoms with Crippen molar-refractivity contribution in [1.82, 2.24) is 4.98 Å². The van der Waals surface area contributed by atoms with E-state index in [0.29, 0.717) is 18.2 Å². The van der Waals surface area contributed by atoms with Crippen molar-refractivity contribution in [3.05, 3.63) is 78.5 Å². The third-order valence-corrected chi connectivity index (χ3v) is 3.38. The molecule has 128 valence electrons. The summed E-state index contributed by atoms with van der Waals surface area (Å²) < 4.78 is 17.1. The predicted octanol–water partition coefficient (Wildman–Crippen LogP) is 5.24. The normalized spacial score (nSPS) is 10.5. The van der Waals surface area contributed by atoms with Gasteiger partial charge in [0.2, 0.25) is 5.88 Å². The minimum atomic E-state index is 0.122. The zero-order valence-corrected chi connectivity index (χ0v) is 14.4. The maximum atomic E-state index is 5.76. The van der Waals surface area contributed by atoms with Crippen LogP contribution in [0.2, 0.25) is 0 Å². The minimum absolute atomic E-state index is 0.122. The Kier molecular flexibility index (Phi) is 5.52. The van der Waals surface area contributed by atoms with E-state index in [9.17, 15) is 0 Å². The van der Waals surface area contributed by atoms with Gasteiger partial charge < -0.3 is 14.2 Å². The molecule has 0 radical (unpaired) electrons. The number of pyridine rings is 1. The molecule has 0 N–H and O–H groups in total. The van der Waals surface area contributed by atoms with Gasteiger partial charge in [0.15, 0.2) is 0 Å². The van der Waals surface area contributed by atoms with Crippen molar-refractivity contribution in [2.75, 3.05) is 0 Å². The van der Waals surface area contributed by atoms with Crippen molar-refractivity contribution < 1.29 is 14.2 Å². The maximum absolute atomic E-state index is 5.76. The van der Waals surface area contributed by atoms with Gasteiger partial charge in [-0.25, -0.2) is 4.98 Å². The van der Waals surface area contributed by atoms with Crippen LogP contribution in [0.5, 0.6) is 23.1 Å². The molecule has 25 heavy (non-hydrogen) atoms. The van der Waals surface area contributed by atoms with Crippen molar-refractivity contribution in [2.45, 2.75) is 26.6 Å². The number of hydrogen-bond acceptors (Lipinski definition) is 4. The first-order chi connectivity index (χ1) is 12.2. The first-order valence-electron chi connectivity index (χ1n) is 8.26. The maximum Gasteiger partial charge on any atom is 0.219 e. The molecular weight excluding hydrogens is 314 g/mol. The number of aromatic nitrogens is 1. The average molecular weight is 335 g/mol. The molecule has 1 heterocycles. The molecule has 4 nitrogen and oxygen atoms in total. The summed E-state index contributed by atoms with van der Waals surface area (Å²) in [4.78, 5) is 4.25. The van der Waals surface area contributed by atoms with Gasteiger partial charge in [-0.3, -0.25) is 0 Å². The molecule has 0 bridgehead atoms. The van der Waals surface area contributed by atoms with E-state index in [1.54, 1.807) is 12.3 Å². The predicted molar refractivity (Wildman–Crippen MR) is 97.3 cm³/mol. The van der Waals surface area contributed by atoms with Gasteiger partial charge in [-0.1, -0.05) is 30.3 Å². The van der Waals surface area contributed by atoms with Gasteiger partial charge in [0.25, 0.3) is 0 Å². The Morgan fingerprint density at radius 3 is 2.12 bits per heavy atom. The largest absolute Gasteiger partial charge is 0.489 e. The Balaban J connectivity index is 1.55. The van der Waals surface area contributed by atoms with Crippen molar-refractivity contribution in [1.29, 1.82) is 0 Å². The first kappa shape index (κ1) is 16.8. The second kappa shape index (κ2) is 8.20. The topological polar surface area (TPSA) is 40.6 Å². The summed E-state index contributed by atoms with van der Waals surface area (Å²) in [6.45, 7) is 4.50. The molecule has 3 rings (SSSR count). The zero-order chi connectivity index (χ0) is 17.5. The van der Waals surface area contributed by atoms with Crippen molar-refractivity contribution >= 4 is 0 Å². The Morgan fingerprint density at radius 1 is 0.800 bits per heavy atom. The van der Waals surface area contributed by atoms with Gasteiger partial charge in [-0.05, 0) is 49.7 Å². The molecule has 0 amide bonds. The standard InChI is InChI=1S/C21H21NO3/c1-16(2)24-20-12-13-21(22-14-20)25-19-10-8-18(9-11-19)23-15-17-6-4-3-5-7-17/h3-14,16H,15H2,1-2H3. The minimum Gasteiger partial charge on any atom is -0.489 e. The van der Waals surface area contributed by atoms with Gasteiger partial charge in [0.1, 0.15) is 23.9 Å². The average Bonchev–Trinajstić information content (AvgIpc) is 2.63. The number of benzene rings is 2. The molecule has 0 aliphatic rings. The molecule has 0 aliphatic heterocycles. The lowest BCUT2D eigenvalue weighted by Gasteiger charge is -2.10. The number of rotatable bonds is 7. The van der Waals surface area contributed by atoms with E-state index in [-0.39, 0.29) is 6.10 Å². The summed E-state index contributed by atoms with van der Waals surface area (Å²) in [5.41, 5.74) is 1.13. The summed E-state index contributed by atoms with van der Waals surface area (Å²) in [7, 11) is 0.